The standard InChI is InChI=1S/C20H25N3O/c1-14(13-20(2,3)4)11-15-9-10-19(24)18(12-15)23-21-16-7-5-6-8-17(16)22-23/h5-10,12,14,24H,11,13H2,1-4H3. The second-order valence-electron chi connectivity index (χ2n) is 7.88. The maximum absolute atomic E-state index is 10.2. The van der Waals surface area contributed by atoms with Gasteiger partial charge in [-0.2, -0.15) is 0 Å². The SMILES string of the molecule is CC(Cc1ccc(O)c(-n2nc3ccccc3n2)c1)CC(C)(C)C. The van der Waals surface area contributed by atoms with Crippen LogP contribution >= 0.6 is 0 Å². The normalized spacial score (nSPS) is 13.3. The minimum absolute atomic E-state index is 0.197. The molecule has 4 heteroatoms. The third-order valence-electron chi connectivity index (χ3n) is 4.09. The summed E-state index contributed by atoms with van der Waals surface area (Å²) < 4.78 is 0. The van der Waals surface area contributed by atoms with Gasteiger partial charge in [0.2, 0.25) is 0 Å². The Morgan fingerprint density at radius 1 is 1.04 bits per heavy atom. The predicted octanol–water partition coefficient (Wildman–Crippen LogP) is 4.74. The van der Waals surface area contributed by atoms with Gasteiger partial charge in [-0.3, -0.25) is 0 Å². The van der Waals surface area contributed by atoms with Gasteiger partial charge in [-0.15, -0.1) is 15.0 Å². The molecule has 1 unspecified atom stereocenters. The molecule has 1 atom stereocenters. The number of rotatable bonds is 4. The molecule has 24 heavy (non-hydrogen) atoms. The second kappa shape index (κ2) is 6.27. The highest BCUT2D eigenvalue weighted by Crippen LogP contribution is 2.28. The van der Waals surface area contributed by atoms with Crippen LogP contribution in [0.3, 0.4) is 0 Å². The first-order valence-corrected chi connectivity index (χ1v) is 8.46. The molecule has 0 fully saturated rings. The Labute approximate surface area is 143 Å². The Bertz CT molecular complexity index is 812. The van der Waals surface area contributed by atoms with Crippen LogP contribution in [-0.2, 0) is 6.42 Å². The summed E-state index contributed by atoms with van der Waals surface area (Å²) in [6.07, 6.45) is 2.14. The summed E-state index contributed by atoms with van der Waals surface area (Å²) in [5.74, 6) is 0.773. The average molecular weight is 323 g/mol. The second-order valence-corrected chi connectivity index (χ2v) is 7.88. The van der Waals surface area contributed by atoms with Crippen LogP contribution in [-0.4, -0.2) is 20.1 Å². The molecule has 0 saturated heterocycles. The topological polar surface area (TPSA) is 50.9 Å². The van der Waals surface area contributed by atoms with Crippen molar-refractivity contribution in [3.05, 3.63) is 48.0 Å². The van der Waals surface area contributed by atoms with Crippen LogP contribution in [0.25, 0.3) is 16.7 Å². The highest BCUT2D eigenvalue weighted by molar-refractivity contribution is 5.73. The van der Waals surface area contributed by atoms with Crippen LogP contribution in [0.1, 0.15) is 39.7 Å². The van der Waals surface area contributed by atoms with E-state index in [2.05, 4.69) is 37.9 Å². The first-order chi connectivity index (χ1) is 11.3. The molecule has 1 heterocycles. The molecule has 2 aromatic carbocycles. The highest BCUT2D eigenvalue weighted by Gasteiger charge is 2.17. The molecule has 0 aliphatic rings. The lowest BCUT2D eigenvalue weighted by Crippen LogP contribution is -2.13. The fourth-order valence-electron chi connectivity index (χ4n) is 3.34. The minimum atomic E-state index is 0.197. The number of nitrogens with zero attached hydrogens (tertiary/aromatic N) is 3. The van der Waals surface area contributed by atoms with Crippen LogP contribution in [0.4, 0.5) is 0 Å². The molecule has 0 amide bonds. The number of fused-ring (bicyclic) bond motifs is 1. The first-order valence-electron chi connectivity index (χ1n) is 8.46. The van der Waals surface area contributed by atoms with Gasteiger partial charge in [0, 0.05) is 0 Å². The van der Waals surface area contributed by atoms with Crippen molar-refractivity contribution in [3.8, 4) is 11.4 Å². The molecule has 126 valence electrons. The van der Waals surface area contributed by atoms with Gasteiger partial charge in [0.25, 0.3) is 0 Å². The summed E-state index contributed by atoms with van der Waals surface area (Å²) in [6, 6.07) is 13.4. The number of phenols is 1. The van der Waals surface area contributed by atoms with Gasteiger partial charge in [0.15, 0.2) is 0 Å². The van der Waals surface area contributed by atoms with Gasteiger partial charge in [-0.05, 0) is 54.0 Å². The molecule has 3 rings (SSSR count). The van der Waals surface area contributed by atoms with Crippen molar-refractivity contribution in [2.45, 2.75) is 40.5 Å². The van der Waals surface area contributed by atoms with Crippen LogP contribution < -0.4 is 0 Å². The molecule has 1 aromatic heterocycles. The summed E-state index contributed by atoms with van der Waals surface area (Å²) >= 11 is 0. The molecule has 4 nitrogen and oxygen atoms in total. The van der Waals surface area contributed by atoms with Crippen LogP contribution in [0.2, 0.25) is 0 Å². The van der Waals surface area contributed by atoms with E-state index >= 15 is 0 Å². The van der Waals surface area contributed by atoms with Crippen LogP contribution in [0, 0.1) is 11.3 Å². The van der Waals surface area contributed by atoms with E-state index in [-0.39, 0.29) is 5.75 Å². The van der Waals surface area contributed by atoms with Gasteiger partial charge < -0.3 is 5.11 Å². The Kier molecular flexibility index (Phi) is 4.31. The Morgan fingerprint density at radius 3 is 2.25 bits per heavy atom. The number of hydrogen-bond donors (Lipinski definition) is 1. The minimum Gasteiger partial charge on any atom is -0.506 e. The van der Waals surface area contributed by atoms with Crippen molar-refractivity contribution in [2.24, 2.45) is 11.3 Å². The van der Waals surface area contributed by atoms with Gasteiger partial charge in [-0.1, -0.05) is 45.9 Å². The Hall–Kier alpha value is -2.36. The van der Waals surface area contributed by atoms with Gasteiger partial charge in [0.05, 0.1) is 0 Å². The largest absolute Gasteiger partial charge is 0.506 e. The molecular weight excluding hydrogens is 298 g/mol. The summed E-state index contributed by atoms with van der Waals surface area (Å²) in [4.78, 5) is 1.53. The molecule has 0 aliphatic carbocycles. The predicted molar refractivity (Wildman–Crippen MR) is 97.5 cm³/mol. The molecule has 0 radical (unpaired) electrons. The number of aromatic hydroxyl groups is 1. The Balaban J connectivity index is 1.89. The maximum Gasteiger partial charge on any atom is 0.143 e. The average Bonchev–Trinajstić information content (AvgIpc) is 2.91. The lowest BCUT2D eigenvalue weighted by molar-refractivity contribution is 0.306. The fraction of sp³-hybridized carbons (Fsp3) is 0.400. The summed E-state index contributed by atoms with van der Waals surface area (Å²) in [7, 11) is 0. The maximum atomic E-state index is 10.2. The van der Waals surface area contributed by atoms with Crippen molar-refractivity contribution in [2.75, 3.05) is 0 Å². The Morgan fingerprint density at radius 2 is 1.67 bits per heavy atom. The van der Waals surface area contributed by atoms with E-state index in [1.807, 2.05) is 36.4 Å². The lowest BCUT2D eigenvalue weighted by atomic mass is 9.83. The van der Waals surface area contributed by atoms with Crippen molar-refractivity contribution in [1.29, 1.82) is 0 Å². The van der Waals surface area contributed by atoms with E-state index in [4.69, 9.17) is 0 Å². The zero-order valence-corrected chi connectivity index (χ0v) is 14.8. The zero-order chi connectivity index (χ0) is 17.3. The number of phenolic OH excluding ortho intramolecular Hbond substituents is 1. The number of aromatic nitrogens is 3. The van der Waals surface area contributed by atoms with Gasteiger partial charge in [0.1, 0.15) is 22.5 Å². The van der Waals surface area contributed by atoms with Crippen molar-refractivity contribution < 1.29 is 5.11 Å². The van der Waals surface area contributed by atoms with Gasteiger partial charge in [-0.25, -0.2) is 0 Å². The van der Waals surface area contributed by atoms with Crippen LogP contribution in [0.15, 0.2) is 42.5 Å². The van der Waals surface area contributed by atoms with Crippen molar-refractivity contribution >= 4 is 11.0 Å². The third kappa shape index (κ3) is 3.75. The van der Waals surface area contributed by atoms with E-state index in [0.717, 1.165) is 23.9 Å². The van der Waals surface area contributed by atoms with Gasteiger partial charge >= 0.3 is 0 Å². The van der Waals surface area contributed by atoms with E-state index in [0.29, 0.717) is 17.0 Å². The summed E-state index contributed by atoms with van der Waals surface area (Å²) in [5, 5.41) is 19.2. The van der Waals surface area contributed by atoms with Crippen molar-refractivity contribution in [1.82, 2.24) is 15.0 Å². The molecular formula is C20H25N3O. The van der Waals surface area contributed by atoms with E-state index in [9.17, 15) is 5.11 Å². The van der Waals surface area contributed by atoms with Crippen molar-refractivity contribution in [3.63, 3.8) is 0 Å². The molecule has 1 N–H and O–H groups in total. The number of hydrogen-bond acceptors (Lipinski definition) is 3. The van der Waals surface area contributed by atoms with Crippen LogP contribution in [0.5, 0.6) is 5.75 Å². The molecule has 0 bridgehead atoms. The smallest absolute Gasteiger partial charge is 0.143 e. The van der Waals surface area contributed by atoms with E-state index < -0.39 is 0 Å². The molecule has 0 spiro atoms. The molecule has 0 aliphatic heterocycles. The fourth-order valence-corrected chi connectivity index (χ4v) is 3.34. The lowest BCUT2D eigenvalue weighted by Gasteiger charge is -2.23. The highest BCUT2D eigenvalue weighted by atomic mass is 16.3. The van der Waals surface area contributed by atoms with E-state index in [1.165, 1.54) is 10.4 Å². The molecule has 3 aromatic rings. The van der Waals surface area contributed by atoms with E-state index in [1.54, 1.807) is 6.07 Å². The first kappa shape index (κ1) is 16.5. The summed E-state index contributed by atoms with van der Waals surface area (Å²) in [5.41, 5.74) is 3.79. The zero-order valence-electron chi connectivity index (χ0n) is 14.8. The third-order valence-corrected chi connectivity index (χ3v) is 4.09. The molecule has 0 saturated carbocycles. The monoisotopic (exact) mass is 323 g/mol. The number of benzene rings is 2. The quantitative estimate of drug-likeness (QED) is 0.754. The summed E-state index contributed by atoms with van der Waals surface area (Å²) in [6.45, 7) is 9.08.